The minimum atomic E-state index is -0.350. The van der Waals surface area contributed by atoms with E-state index in [9.17, 15) is 4.79 Å². The van der Waals surface area contributed by atoms with E-state index in [-0.39, 0.29) is 18.4 Å². The van der Waals surface area contributed by atoms with Crippen LogP contribution in [0.3, 0.4) is 0 Å². The van der Waals surface area contributed by atoms with E-state index in [1.807, 2.05) is 6.92 Å². The maximum absolute atomic E-state index is 11.3. The lowest BCUT2D eigenvalue weighted by Gasteiger charge is -2.12. The SMILES string of the molecule is CCCOCC(=O)C(N)CC(C)C. The van der Waals surface area contributed by atoms with Crippen LogP contribution in [0.25, 0.3) is 0 Å². The zero-order valence-corrected chi connectivity index (χ0v) is 8.88. The molecule has 0 heterocycles. The van der Waals surface area contributed by atoms with Crippen LogP contribution in [0.1, 0.15) is 33.6 Å². The fourth-order valence-corrected chi connectivity index (χ4v) is 1.06. The molecule has 2 N–H and O–H groups in total. The zero-order chi connectivity index (χ0) is 10.3. The normalized spacial score (nSPS) is 13.3. The predicted molar refractivity (Wildman–Crippen MR) is 53.5 cm³/mol. The van der Waals surface area contributed by atoms with Gasteiger partial charge in [0, 0.05) is 6.61 Å². The Hall–Kier alpha value is -0.410. The summed E-state index contributed by atoms with van der Waals surface area (Å²) in [4.78, 5) is 11.3. The van der Waals surface area contributed by atoms with Crippen molar-refractivity contribution in [3.8, 4) is 0 Å². The number of ether oxygens (including phenoxy) is 1. The van der Waals surface area contributed by atoms with Crippen LogP contribution in [0.2, 0.25) is 0 Å². The van der Waals surface area contributed by atoms with Gasteiger partial charge >= 0.3 is 0 Å². The predicted octanol–water partition coefficient (Wildman–Crippen LogP) is 1.36. The van der Waals surface area contributed by atoms with E-state index in [1.165, 1.54) is 0 Å². The Balaban J connectivity index is 3.57. The molecule has 0 spiro atoms. The second-order valence-electron chi connectivity index (χ2n) is 3.75. The lowest BCUT2D eigenvalue weighted by Crippen LogP contribution is -2.34. The average Bonchev–Trinajstić information content (AvgIpc) is 2.03. The van der Waals surface area contributed by atoms with Crippen LogP contribution in [-0.4, -0.2) is 25.0 Å². The number of nitrogens with two attached hydrogens (primary N) is 1. The Bertz CT molecular complexity index is 146. The summed E-state index contributed by atoms with van der Waals surface area (Å²) >= 11 is 0. The van der Waals surface area contributed by atoms with Crippen molar-refractivity contribution in [3.63, 3.8) is 0 Å². The Morgan fingerprint density at radius 1 is 1.46 bits per heavy atom. The molecule has 0 aliphatic rings. The van der Waals surface area contributed by atoms with E-state index in [0.29, 0.717) is 12.5 Å². The first-order valence-electron chi connectivity index (χ1n) is 4.94. The number of carbonyl (C=O) groups excluding carboxylic acids is 1. The third kappa shape index (κ3) is 6.72. The highest BCUT2D eigenvalue weighted by Crippen LogP contribution is 2.03. The summed E-state index contributed by atoms with van der Waals surface area (Å²) in [6, 6.07) is -0.350. The summed E-state index contributed by atoms with van der Waals surface area (Å²) in [5, 5.41) is 0. The van der Waals surface area contributed by atoms with Gasteiger partial charge in [-0.05, 0) is 18.8 Å². The number of carbonyl (C=O) groups is 1. The standard InChI is InChI=1S/C10H21NO2/c1-4-5-13-7-10(12)9(11)6-8(2)3/h8-9H,4-7,11H2,1-3H3. The van der Waals surface area contributed by atoms with E-state index in [2.05, 4.69) is 13.8 Å². The second kappa shape index (κ2) is 7.04. The maximum atomic E-state index is 11.3. The number of hydrogen-bond acceptors (Lipinski definition) is 3. The highest BCUT2D eigenvalue weighted by molar-refractivity contribution is 5.84. The molecule has 0 saturated carbocycles. The Labute approximate surface area is 80.6 Å². The van der Waals surface area contributed by atoms with Crippen molar-refractivity contribution in [1.29, 1.82) is 0 Å². The summed E-state index contributed by atoms with van der Waals surface area (Å²) in [5.74, 6) is 0.479. The molecule has 0 aliphatic carbocycles. The molecule has 0 amide bonds. The van der Waals surface area contributed by atoms with E-state index in [0.717, 1.165) is 12.8 Å². The lowest BCUT2D eigenvalue weighted by atomic mass is 10.0. The number of rotatable bonds is 7. The molecular formula is C10H21NO2. The Morgan fingerprint density at radius 3 is 2.54 bits per heavy atom. The molecule has 3 nitrogen and oxygen atoms in total. The van der Waals surface area contributed by atoms with Crippen LogP contribution in [0, 0.1) is 5.92 Å². The minimum absolute atomic E-state index is 0.0159. The van der Waals surface area contributed by atoms with E-state index >= 15 is 0 Å². The molecule has 0 rings (SSSR count). The topological polar surface area (TPSA) is 52.3 Å². The van der Waals surface area contributed by atoms with Crippen molar-refractivity contribution < 1.29 is 9.53 Å². The summed E-state index contributed by atoms with van der Waals surface area (Å²) in [7, 11) is 0. The van der Waals surface area contributed by atoms with Gasteiger partial charge in [-0.1, -0.05) is 20.8 Å². The van der Waals surface area contributed by atoms with Crippen LogP contribution in [0.5, 0.6) is 0 Å². The van der Waals surface area contributed by atoms with Gasteiger partial charge in [0.05, 0.1) is 6.04 Å². The van der Waals surface area contributed by atoms with Crippen LogP contribution in [0.4, 0.5) is 0 Å². The van der Waals surface area contributed by atoms with Crippen molar-refractivity contribution >= 4 is 5.78 Å². The van der Waals surface area contributed by atoms with Crippen LogP contribution >= 0.6 is 0 Å². The van der Waals surface area contributed by atoms with Gasteiger partial charge in [0.2, 0.25) is 0 Å². The summed E-state index contributed by atoms with van der Waals surface area (Å²) in [5.41, 5.74) is 5.67. The minimum Gasteiger partial charge on any atom is -0.374 e. The van der Waals surface area contributed by atoms with Crippen molar-refractivity contribution in [1.82, 2.24) is 0 Å². The first kappa shape index (κ1) is 12.6. The summed E-state index contributed by atoms with van der Waals surface area (Å²) in [6.45, 7) is 6.93. The molecule has 1 unspecified atom stereocenters. The molecule has 13 heavy (non-hydrogen) atoms. The molecule has 0 aromatic heterocycles. The number of Topliss-reactive ketones (excluding diaryl/α,β-unsaturated/α-hetero) is 1. The van der Waals surface area contributed by atoms with Crippen LogP contribution < -0.4 is 5.73 Å². The lowest BCUT2D eigenvalue weighted by molar-refractivity contribution is -0.125. The Kier molecular flexibility index (Phi) is 6.82. The molecule has 0 aromatic rings. The molecule has 0 fully saturated rings. The third-order valence-electron chi connectivity index (χ3n) is 1.73. The van der Waals surface area contributed by atoms with Crippen LogP contribution in [-0.2, 0) is 9.53 Å². The molecule has 3 heteroatoms. The van der Waals surface area contributed by atoms with Gasteiger partial charge in [-0.2, -0.15) is 0 Å². The van der Waals surface area contributed by atoms with Gasteiger partial charge in [0.15, 0.2) is 5.78 Å². The fourth-order valence-electron chi connectivity index (χ4n) is 1.06. The van der Waals surface area contributed by atoms with Gasteiger partial charge < -0.3 is 10.5 Å². The molecule has 0 bridgehead atoms. The molecular weight excluding hydrogens is 166 g/mol. The second-order valence-corrected chi connectivity index (χ2v) is 3.75. The molecule has 0 saturated heterocycles. The first-order valence-corrected chi connectivity index (χ1v) is 4.94. The highest BCUT2D eigenvalue weighted by atomic mass is 16.5. The zero-order valence-electron chi connectivity index (χ0n) is 8.88. The van der Waals surface area contributed by atoms with E-state index in [1.54, 1.807) is 0 Å². The molecule has 0 aromatic carbocycles. The van der Waals surface area contributed by atoms with E-state index < -0.39 is 0 Å². The fraction of sp³-hybridized carbons (Fsp3) is 0.900. The summed E-state index contributed by atoms with van der Waals surface area (Å²) in [6.07, 6.45) is 1.68. The monoisotopic (exact) mass is 187 g/mol. The van der Waals surface area contributed by atoms with E-state index in [4.69, 9.17) is 10.5 Å². The number of hydrogen-bond donors (Lipinski definition) is 1. The number of ketones is 1. The first-order chi connectivity index (χ1) is 6.07. The van der Waals surface area contributed by atoms with Crippen molar-refractivity contribution in [3.05, 3.63) is 0 Å². The molecule has 0 radical (unpaired) electrons. The molecule has 78 valence electrons. The largest absolute Gasteiger partial charge is 0.374 e. The van der Waals surface area contributed by atoms with Gasteiger partial charge in [-0.15, -0.1) is 0 Å². The van der Waals surface area contributed by atoms with Crippen molar-refractivity contribution in [2.45, 2.75) is 39.7 Å². The smallest absolute Gasteiger partial charge is 0.175 e. The van der Waals surface area contributed by atoms with Gasteiger partial charge in [0.1, 0.15) is 6.61 Å². The quantitative estimate of drug-likeness (QED) is 0.612. The van der Waals surface area contributed by atoms with Crippen molar-refractivity contribution in [2.24, 2.45) is 11.7 Å². The van der Waals surface area contributed by atoms with Gasteiger partial charge in [-0.3, -0.25) is 4.79 Å². The average molecular weight is 187 g/mol. The summed E-state index contributed by atoms with van der Waals surface area (Å²) < 4.78 is 5.12. The van der Waals surface area contributed by atoms with Crippen molar-refractivity contribution in [2.75, 3.05) is 13.2 Å². The molecule has 0 aliphatic heterocycles. The van der Waals surface area contributed by atoms with Crippen LogP contribution in [0.15, 0.2) is 0 Å². The van der Waals surface area contributed by atoms with Gasteiger partial charge in [0.25, 0.3) is 0 Å². The molecule has 1 atom stereocenters. The maximum Gasteiger partial charge on any atom is 0.175 e. The third-order valence-corrected chi connectivity index (χ3v) is 1.73. The van der Waals surface area contributed by atoms with Gasteiger partial charge in [-0.25, -0.2) is 0 Å². The Morgan fingerprint density at radius 2 is 2.08 bits per heavy atom. The highest BCUT2D eigenvalue weighted by Gasteiger charge is 2.14.